The van der Waals surface area contributed by atoms with Crippen molar-refractivity contribution >= 4 is 28.5 Å². The molecule has 0 atom stereocenters. The summed E-state index contributed by atoms with van der Waals surface area (Å²) in [6, 6.07) is 13.0. The number of nitrogens with one attached hydrogen (secondary N) is 1. The van der Waals surface area contributed by atoms with Gasteiger partial charge in [-0.3, -0.25) is 4.79 Å². The van der Waals surface area contributed by atoms with Gasteiger partial charge in [-0.05, 0) is 18.2 Å². The molecule has 0 fully saturated rings. The molecule has 0 spiro atoms. The van der Waals surface area contributed by atoms with Crippen LogP contribution in [-0.4, -0.2) is 29.7 Å². The van der Waals surface area contributed by atoms with E-state index < -0.39 is 25.1 Å². The maximum absolute atomic E-state index is 12.4. The van der Waals surface area contributed by atoms with Gasteiger partial charge in [0.1, 0.15) is 5.75 Å². The van der Waals surface area contributed by atoms with E-state index in [0.717, 1.165) is 5.52 Å². The smallest absolute Gasteiger partial charge is 0.387 e. The van der Waals surface area contributed by atoms with Gasteiger partial charge in [0, 0.05) is 24.1 Å². The number of hydrogen-bond donors (Lipinski definition) is 1. The van der Waals surface area contributed by atoms with Crippen molar-refractivity contribution in [3.8, 4) is 5.75 Å². The van der Waals surface area contributed by atoms with E-state index in [4.69, 9.17) is 4.74 Å². The number of carbonyl (C=O) groups is 2. The number of hydrogen-bond acceptors (Lipinski definition) is 4. The molecule has 0 radical (unpaired) electrons. The van der Waals surface area contributed by atoms with Gasteiger partial charge in [0.25, 0.3) is 5.91 Å². The van der Waals surface area contributed by atoms with Gasteiger partial charge >= 0.3 is 12.6 Å². The highest BCUT2D eigenvalue weighted by atomic mass is 19.3. The summed E-state index contributed by atoms with van der Waals surface area (Å²) in [5.74, 6) is -1.51. The fourth-order valence-corrected chi connectivity index (χ4v) is 2.67. The number of carbonyl (C=O) groups excluding carboxylic acids is 2. The molecule has 27 heavy (non-hydrogen) atoms. The molecule has 3 rings (SSSR count). The highest BCUT2D eigenvalue weighted by molar-refractivity contribution is 6.05. The monoisotopic (exact) mass is 374 g/mol. The number of rotatable bonds is 6. The molecule has 0 aliphatic rings. The van der Waals surface area contributed by atoms with E-state index >= 15 is 0 Å². The molecule has 0 bridgehead atoms. The first-order valence-corrected chi connectivity index (χ1v) is 8.00. The number of aromatic nitrogens is 1. The number of halogens is 2. The number of benzene rings is 2. The normalized spacial score (nSPS) is 10.8. The molecule has 0 unspecified atom stereocenters. The van der Waals surface area contributed by atoms with Gasteiger partial charge < -0.3 is 19.4 Å². The molecule has 1 amide bonds. The highest BCUT2D eigenvalue weighted by Gasteiger charge is 2.17. The van der Waals surface area contributed by atoms with Crippen LogP contribution in [0.4, 0.5) is 14.5 Å². The van der Waals surface area contributed by atoms with Crippen molar-refractivity contribution in [1.82, 2.24) is 4.57 Å². The third-order valence-electron chi connectivity index (χ3n) is 3.83. The Balaban J connectivity index is 1.65. The first kappa shape index (κ1) is 18.4. The lowest BCUT2D eigenvalue weighted by atomic mass is 10.2. The summed E-state index contributed by atoms with van der Waals surface area (Å²) in [5, 5.41) is 3.09. The zero-order valence-corrected chi connectivity index (χ0v) is 14.3. The lowest BCUT2D eigenvalue weighted by Gasteiger charge is -2.11. The number of alkyl halides is 2. The summed E-state index contributed by atoms with van der Waals surface area (Å²) < 4.78 is 36.0. The first-order valence-electron chi connectivity index (χ1n) is 8.00. The lowest BCUT2D eigenvalue weighted by molar-refractivity contribution is -0.119. The summed E-state index contributed by atoms with van der Waals surface area (Å²) in [6.45, 7) is -3.59. The minimum Gasteiger partial charge on any atom is -0.452 e. The standard InChI is InChI=1S/C19H16F2N2O4/c1-23-10-13(12-6-2-4-8-15(12)23)18(25)26-11-17(24)22-14-7-3-5-9-16(14)27-19(20)21/h2-10,19H,11H2,1H3,(H,22,24). The summed E-state index contributed by atoms with van der Waals surface area (Å²) in [4.78, 5) is 24.3. The predicted octanol–water partition coefficient (Wildman–Crippen LogP) is 3.58. The van der Waals surface area contributed by atoms with Gasteiger partial charge in [-0.15, -0.1) is 0 Å². The van der Waals surface area contributed by atoms with E-state index in [1.807, 2.05) is 12.1 Å². The summed E-state index contributed by atoms with van der Waals surface area (Å²) in [7, 11) is 1.80. The molecule has 0 aliphatic carbocycles. The molecule has 0 saturated heterocycles. The predicted molar refractivity (Wildman–Crippen MR) is 94.9 cm³/mol. The zero-order valence-electron chi connectivity index (χ0n) is 14.3. The van der Waals surface area contributed by atoms with E-state index in [2.05, 4.69) is 10.1 Å². The molecule has 140 valence electrons. The van der Waals surface area contributed by atoms with Crippen LogP contribution in [0, 0.1) is 0 Å². The van der Waals surface area contributed by atoms with Crippen molar-refractivity contribution in [3.05, 3.63) is 60.3 Å². The van der Waals surface area contributed by atoms with Gasteiger partial charge in [-0.2, -0.15) is 8.78 Å². The van der Waals surface area contributed by atoms with Crippen molar-refractivity contribution in [2.24, 2.45) is 7.05 Å². The van der Waals surface area contributed by atoms with Crippen LogP contribution in [0.1, 0.15) is 10.4 Å². The van der Waals surface area contributed by atoms with Crippen molar-refractivity contribution in [3.63, 3.8) is 0 Å². The van der Waals surface area contributed by atoms with Crippen LogP contribution in [-0.2, 0) is 16.6 Å². The Kier molecular flexibility index (Phi) is 5.35. The second-order valence-electron chi connectivity index (χ2n) is 5.67. The van der Waals surface area contributed by atoms with Crippen molar-refractivity contribution in [2.75, 3.05) is 11.9 Å². The number of nitrogens with zero attached hydrogens (tertiary/aromatic N) is 1. The van der Waals surface area contributed by atoms with E-state index in [-0.39, 0.29) is 11.4 Å². The number of amides is 1. The molecule has 2 aromatic carbocycles. The Morgan fingerprint density at radius 1 is 1.11 bits per heavy atom. The second-order valence-corrected chi connectivity index (χ2v) is 5.67. The number of para-hydroxylation sites is 3. The quantitative estimate of drug-likeness (QED) is 0.670. The van der Waals surface area contributed by atoms with Crippen LogP contribution in [0.25, 0.3) is 10.9 Å². The molecular weight excluding hydrogens is 358 g/mol. The van der Waals surface area contributed by atoms with Gasteiger partial charge in [-0.25, -0.2) is 4.79 Å². The Morgan fingerprint density at radius 3 is 2.59 bits per heavy atom. The SMILES string of the molecule is Cn1cc(C(=O)OCC(=O)Nc2ccccc2OC(F)F)c2ccccc21. The summed E-state index contributed by atoms with van der Waals surface area (Å²) in [6.07, 6.45) is 1.62. The number of ether oxygens (including phenoxy) is 2. The van der Waals surface area contributed by atoms with Crippen LogP contribution < -0.4 is 10.1 Å². The van der Waals surface area contributed by atoms with Crippen molar-refractivity contribution in [2.45, 2.75) is 6.61 Å². The molecule has 1 aromatic heterocycles. The van der Waals surface area contributed by atoms with Gasteiger partial charge in [0.15, 0.2) is 6.61 Å². The Morgan fingerprint density at radius 2 is 1.81 bits per heavy atom. The summed E-state index contributed by atoms with van der Waals surface area (Å²) >= 11 is 0. The highest BCUT2D eigenvalue weighted by Crippen LogP contribution is 2.25. The number of anilines is 1. The minimum atomic E-state index is -3.02. The van der Waals surface area contributed by atoms with Crippen LogP contribution in [0.3, 0.4) is 0 Å². The number of fused-ring (bicyclic) bond motifs is 1. The second kappa shape index (κ2) is 7.86. The van der Waals surface area contributed by atoms with Crippen molar-refractivity contribution in [1.29, 1.82) is 0 Å². The Bertz CT molecular complexity index is 985. The third-order valence-corrected chi connectivity index (χ3v) is 3.83. The van der Waals surface area contributed by atoms with E-state index in [9.17, 15) is 18.4 Å². The molecule has 0 saturated carbocycles. The molecule has 6 nitrogen and oxygen atoms in total. The minimum absolute atomic E-state index is 0.0593. The molecule has 1 N–H and O–H groups in total. The average Bonchev–Trinajstić information content (AvgIpc) is 2.98. The molecule has 8 heteroatoms. The first-order chi connectivity index (χ1) is 13.0. The van der Waals surface area contributed by atoms with Crippen LogP contribution >= 0.6 is 0 Å². The maximum Gasteiger partial charge on any atom is 0.387 e. The van der Waals surface area contributed by atoms with Crippen LogP contribution in [0.2, 0.25) is 0 Å². The number of aryl methyl sites for hydroxylation is 1. The zero-order chi connectivity index (χ0) is 19.4. The van der Waals surface area contributed by atoms with E-state index in [0.29, 0.717) is 10.9 Å². The van der Waals surface area contributed by atoms with Crippen molar-refractivity contribution < 1.29 is 27.8 Å². The van der Waals surface area contributed by atoms with Crippen LogP contribution in [0.5, 0.6) is 5.75 Å². The maximum atomic E-state index is 12.4. The Hall–Kier alpha value is -3.42. The summed E-state index contributed by atoms with van der Waals surface area (Å²) in [5.41, 5.74) is 1.25. The van der Waals surface area contributed by atoms with E-state index in [1.54, 1.807) is 36.0 Å². The number of esters is 1. The molecule has 3 aromatic rings. The fourth-order valence-electron chi connectivity index (χ4n) is 2.67. The van der Waals surface area contributed by atoms with E-state index in [1.165, 1.54) is 18.2 Å². The Labute approximate surface area is 153 Å². The lowest BCUT2D eigenvalue weighted by Crippen LogP contribution is -2.21. The molecule has 0 aliphatic heterocycles. The fraction of sp³-hybridized carbons (Fsp3) is 0.158. The van der Waals surface area contributed by atoms with Gasteiger partial charge in [0.2, 0.25) is 0 Å². The molecule has 1 heterocycles. The van der Waals surface area contributed by atoms with Gasteiger partial charge in [0.05, 0.1) is 11.3 Å². The topological polar surface area (TPSA) is 69.6 Å². The molecular formula is C19H16F2N2O4. The average molecular weight is 374 g/mol. The van der Waals surface area contributed by atoms with Gasteiger partial charge in [-0.1, -0.05) is 30.3 Å². The largest absolute Gasteiger partial charge is 0.452 e. The van der Waals surface area contributed by atoms with Crippen LogP contribution in [0.15, 0.2) is 54.7 Å². The third kappa shape index (κ3) is 4.22.